The van der Waals surface area contributed by atoms with Crippen LogP contribution in [0.2, 0.25) is 0 Å². The van der Waals surface area contributed by atoms with Crippen molar-refractivity contribution < 1.29 is 9.90 Å². The van der Waals surface area contributed by atoms with Gasteiger partial charge in [0.1, 0.15) is 0 Å². The predicted molar refractivity (Wildman–Crippen MR) is 78.3 cm³/mol. The topological polar surface area (TPSA) is 87.4 Å². The van der Waals surface area contributed by atoms with Crippen LogP contribution in [0.5, 0.6) is 0 Å². The summed E-state index contributed by atoms with van der Waals surface area (Å²) in [4.78, 5) is 11.7. The molecule has 0 radical (unpaired) electrons. The summed E-state index contributed by atoms with van der Waals surface area (Å²) in [6.45, 7) is 3.50. The Hall–Kier alpha value is -1.75. The second kappa shape index (κ2) is 8.37. The van der Waals surface area contributed by atoms with Crippen LogP contribution in [0.25, 0.3) is 0 Å². The molecule has 1 amide bonds. The molecule has 5 heteroatoms. The van der Waals surface area contributed by atoms with Crippen molar-refractivity contribution in [2.75, 3.05) is 30.7 Å². The molecule has 0 aromatic heterocycles. The van der Waals surface area contributed by atoms with Crippen LogP contribution in [0.4, 0.5) is 11.4 Å². The van der Waals surface area contributed by atoms with Gasteiger partial charge < -0.3 is 21.5 Å². The minimum absolute atomic E-state index is 0.0918. The van der Waals surface area contributed by atoms with E-state index in [1.54, 1.807) is 18.2 Å². The molecule has 106 valence electrons. The number of anilines is 2. The quantitative estimate of drug-likeness (QED) is 0.424. The Bertz CT molecular complexity index is 408. The third-order valence-corrected chi connectivity index (χ3v) is 2.80. The van der Waals surface area contributed by atoms with Gasteiger partial charge in [0, 0.05) is 25.3 Å². The van der Waals surface area contributed by atoms with E-state index in [9.17, 15) is 4.79 Å². The molecule has 1 rings (SSSR count). The van der Waals surface area contributed by atoms with Crippen LogP contribution in [0.1, 0.15) is 36.5 Å². The lowest BCUT2D eigenvalue weighted by atomic mass is 10.1. The molecule has 1 aromatic rings. The summed E-state index contributed by atoms with van der Waals surface area (Å²) in [7, 11) is 0. The summed E-state index contributed by atoms with van der Waals surface area (Å²) < 4.78 is 0. The van der Waals surface area contributed by atoms with Crippen molar-refractivity contribution in [1.29, 1.82) is 0 Å². The molecule has 0 atom stereocenters. The number of aliphatic hydroxyl groups excluding tert-OH is 1. The number of aliphatic hydroxyl groups is 1. The Morgan fingerprint density at radius 3 is 2.79 bits per heavy atom. The lowest BCUT2D eigenvalue weighted by Gasteiger charge is -2.11. The third-order valence-electron chi connectivity index (χ3n) is 2.80. The number of amides is 1. The highest BCUT2D eigenvalue weighted by Crippen LogP contribution is 2.20. The minimum Gasteiger partial charge on any atom is -0.397 e. The molecule has 0 aliphatic heterocycles. The number of benzene rings is 1. The average molecular weight is 265 g/mol. The summed E-state index contributed by atoms with van der Waals surface area (Å²) in [6.07, 6.45) is 2.75. The number of carbonyl (C=O) groups excluding carboxylic acids is 1. The Balaban J connectivity index is 2.56. The Morgan fingerprint density at radius 1 is 1.32 bits per heavy atom. The van der Waals surface area contributed by atoms with Gasteiger partial charge in [0.05, 0.1) is 11.4 Å². The third kappa shape index (κ3) is 5.18. The van der Waals surface area contributed by atoms with Crippen LogP contribution in [0, 0.1) is 0 Å². The van der Waals surface area contributed by atoms with Crippen LogP contribution in [-0.2, 0) is 0 Å². The van der Waals surface area contributed by atoms with Crippen LogP contribution in [0.3, 0.4) is 0 Å². The molecular weight excluding hydrogens is 242 g/mol. The van der Waals surface area contributed by atoms with Gasteiger partial charge in [-0.3, -0.25) is 4.79 Å². The number of carbonyl (C=O) groups is 1. The van der Waals surface area contributed by atoms with Gasteiger partial charge in [-0.05, 0) is 44.4 Å². The van der Waals surface area contributed by atoms with E-state index in [1.807, 2.05) is 6.92 Å². The fourth-order valence-corrected chi connectivity index (χ4v) is 1.75. The number of nitrogens with one attached hydrogen (secondary N) is 2. The molecule has 0 bridgehead atoms. The second-order valence-electron chi connectivity index (χ2n) is 4.37. The number of nitrogens with two attached hydrogens (primary N) is 1. The zero-order chi connectivity index (χ0) is 14.1. The normalized spacial score (nSPS) is 10.2. The van der Waals surface area contributed by atoms with Crippen molar-refractivity contribution in [3.63, 3.8) is 0 Å². The van der Waals surface area contributed by atoms with Gasteiger partial charge in [0.15, 0.2) is 0 Å². The number of hydrogen-bond acceptors (Lipinski definition) is 4. The van der Waals surface area contributed by atoms with E-state index in [-0.39, 0.29) is 12.5 Å². The Labute approximate surface area is 114 Å². The zero-order valence-corrected chi connectivity index (χ0v) is 11.4. The van der Waals surface area contributed by atoms with Crippen molar-refractivity contribution in [2.24, 2.45) is 0 Å². The molecule has 19 heavy (non-hydrogen) atoms. The molecular formula is C14H23N3O2. The highest BCUT2D eigenvalue weighted by Gasteiger charge is 2.07. The molecule has 0 unspecified atom stereocenters. The molecule has 0 fully saturated rings. The lowest BCUT2D eigenvalue weighted by molar-refractivity contribution is 0.0956. The zero-order valence-electron chi connectivity index (χ0n) is 11.4. The molecule has 1 aromatic carbocycles. The van der Waals surface area contributed by atoms with Crippen molar-refractivity contribution in [3.8, 4) is 0 Å². The average Bonchev–Trinajstić information content (AvgIpc) is 2.40. The lowest BCUT2D eigenvalue weighted by Crippen LogP contribution is -2.22. The fourth-order valence-electron chi connectivity index (χ4n) is 1.75. The summed E-state index contributed by atoms with van der Waals surface area (Å²) >= 11 is 0. The van der Waals surface area contributed by atoms with Crippen molar-refractivity contribution in [3.05, 3.63) is 23.8 Å². The molecule has 5 nitrogen and oxygen atoms in total. The van der Waals surface area contributed by atoms with Gasteiger partial charge in [0.2, 0.25) is 0 Å². The maximum absolute atomic E-state index is 11.7. The minimum atomic E-state index is -0.0918. The van der Waals surface area contributed by atoms with E-state index in [4.69, 9.17) is 10.8 Å². The standard InChI is InChI=1S/C14H23N3O2/c1-2-16-14(19)11-6-7-12(15)13(10-11)17-8-4-3-5-9-18/h6-7,10,17-18H,2-5,8-9,15H2,1H3,(H,16,19). The molecule has 0 aliphatic rings. The fraction of sp³-hybridized carbons (Fsp3) is 0.500. The molecule has 0 heterocycles. The summed E-state index contributed by atoms with van der Waals surface area (Å²) in [5.41, 5.74) is 7.90. The second-order valence-corrected chi connectivity index (χ2v) is 4.37. The Morgan fingerprint density at radius 2 is 2.11 bits per heavy atom. The van der Waals surface area contributed by atoms with E-state index in [0.717, 1.165) is 31.5 Å². The highest BCUT2D eigenvalue weighted by molar-refractivity contribution is 5.96. The maximum Gasteiger partial charge on any atom is 0.251 e. The van der Waals surface area contributed by atoms with Crippen LogP contribution in [-0.4, -0.2) is 30.7 Å². The van der Waals surface area contributed by atoms with Gasteiger partial charge in [-0.15, -0.1) is 0 Å². The SMILES string of the molecule is CCNC(=O)c1ccc(N)c(NCCCCCO)c1. The first kappa shape index (κ1) is 15.3. The summed E-state index contributed by atoms with van der Waals surface area (Å²) in [5, 5.41) is 14.7. The first-order valence-electron chi connectivity index (χ1n) is 6.71. The first-order valence-corrected chi connectivity index (χ1v) is 6.71. The smallest absolute Gasteiger partial charge is 0.251 e. The molecule has 0 saturated carbocycles. The van der Waals surface area contributed by atoms with E-state index in [2.05, 4.69) is 10.6 Å². The van der Waals surface area contributed by atoms with Crippen molar-refractivity contribution >= 4 is 17.3 Å². The van der Waals surface area contributed by atoms with E-state index in [1.165, 1.54) is 0 Å². The van der Waals surface area contributed by atoms with Crippen molar-refractivity contribution in [1.82, 2.24) is 5.32 Å². The van der Waals surface area contributed by atoms with Gasteiger partial charge in [-0.1, -0.05) is 0 Å². The van der Waals surface area contributed by atoms with Gasteiger partial charge in [-0.2, -0.15) is 0 Å². The largest absolute Gasteiger partial charge is 0.397 e. The van der Waals surface area contributed by atoms with E-state index >= 15 is 0 Å². The Kier molecular flexibility index (Phi) is 6.74. The predicted octanol–water partition coefficient (Wildman–Crippen LogP) is 1.59. The monoisotopic (exact) mass is 265 g/mol. The summed E-state index contributed by atoms with van der Waals surface area (Å²) in [6, 6.07) is 5.23. The summed E-state index contributed by atoms with van der Waals surface area (Å²) in [5.74, 6) is -0.0918. The highest BCUT2D eigenvalue weighted by atomic mass is 16.2. The van der Waals surface area contributed by atoms with Crippen molar-refractivity contribution in [2.45, 2.75) is 26.2 Å². The van der Waals surface area contributed by atoms with Gasteiger partial charge in [0.25, 0.3) is 5.91 Å². The number of nitrogen functional groups attached to an aromatic ring is 1. The van der Waals surface area contributed by atoms with Gasteiger partial charge >= 0.3 is 0 Å². The van der Waals surface area contributed by atoms with E-state index in [0.29, 0.717) is 17.8 Å². The van der Waals surface area contributed by atoms with E-state index < -0.39 is 0 Å². The molecule has 5 N–H and O–H groups in total. The van der Waals surface area contributed by atoms with Crippen LogP contribution < -0.4 is 16.4 Å². The molecule has 0 aliphatic carbocycles. The number of hydrogen-bond donors (Lipinski definition) is 4. The number of unbranched alkanes of at least 4 members (excludes halogenated alkanes) is 2. The maximum atomic E-state index is 11.7. The molecule has 0 saturated heterocycles. The van der Waals surface area contributed by atoms with Crippen LogP contribution >= 0.6 is 0 Å². The van der Waals surface area contributed by atoms with Crippen LogP contribution in [0.15, 0.2) is 18.2 Å². The van der Waals surface area contributed by atoms with Gasteiger partial charge in [-0.25, -0.2) is 0 Å². The molecule has 0 spiro atoms. The first-order chi connectivity index (χ1) is 9.19. The number of rotatable bonds is 8.